The summed E-state index contributed by atoms with van der Waals surface area (Å²) in [5.41, 5.74) is 2.83. The van der Waals surface area contributed by atoms with Crippen LogP contribution in [0.15, 0.2) is 78.9 Å². The van der Waals surface area contributed by atoms with E-state index in [4.69, 9.17) is 14.2 Å². The molecule has 0 aliphatic heterocycles. The van der Waals surface area contributed by atoms with Crippen LogP contribution in [0.25, 0.3) is 0 Å². The number of hydrogen-bond donors (Lipinski definition) is 2. The van der Waals surface area contributed by atoms with Crippen LogP contribution in [-0.2, 0) is 16.0 Å². The van der Waals surface area contributed by atoms with Crippen molar-refractivity contribution < 1.29 is 19.0 Å². The third kappa shape index (κ3) is 9.25. The minimum absolute atomic E-state index is 0.143. The lowest BCUT2D eigenvalue weighted by Gasteiger charge is -2.11. The Hall–Kier alpha value is -3.51. The monoisotopic (exact) mass is 448 g/mol. The van der Waals surface area contributed by atoms with E-state index in [1.165, 1.54) is 5.56 Å². The van der Waals surface area contributed by atoms with E-state index in [9.17, 15) is 4.79 Å². The summed E-state index contributed by atoms with van der Waals surface area (Å²) in [4.78, 5) is 12.4. The zero-order valence-corrected chi connectivity index (χ0v) is 19.1. The van der Waals surface area contributed by atoms with Crippen LogP contribution in [0, 0.1) is 0 Å². The van der Waals surface area contributed by atoms with E-state index in [1.807, 2.05) is 55.5 Å². The fourth-order valence-electron chi connectivity index (χ4n) is 3.22. The second-order valence-electron chi connectivity index (χ2n) is 7.44. The Labute approximate surface area is 195 Å². The number of hydrogen-bond acceptors (Lipinski definition) is 5. The van der Waals surface area contributed by atoms with E-state index >= 15 is 0 Å². The highest BCUT2D eigenvalue weighted by Gasteiger charge is 2.05. The number of ether oxygens (including phenoxy) is 3. The van der Waals surface area contributed by atoms with Crippen molar-refractivity contribution in [3.05, 3.63) is 84.4 Å². The maximum Gasteiger partial charge on any atom is 0.243 e. The van der Waals surface area contributed by atoms with Crippen LogP contribution < -0.4 is 20.1 Å². The molecule has 0 aliphatic carbocycles. The third-order valence-corrected chi connectivity index (χ3v) is 4.83. The average Bonchev–Trinajstić information content (AvgIpc) is 2.84. The Morgan fingerprint density at radius 1 is 0.788 bits per heavy atom. The standard InChI is InChI=1S/C27H32N2O4/c1-2-31-17-18-33-26-15-7-13-24(20-26)29-27(30)21-28-23-12-6-14-25(19-23)32-16-8-11-22-9-4-3-5-10-22/h3-7,9-10,12-15,19-20,28H,2,8,11,16-18,21H2,1H3,(H,29,30). The van der Waals surface area contributed by atoms with Crippen molar-refractivity contribution in [2.24, 2.45) is 0 Å². The van der Waals surface area contributed by atoms with Crippen LogP contribution in [0.4, 0.5) is 11.4 Å². The molecule has 0 unspecified atom stereocenters. The first-order valence-corrected chi connectivity index (χ1v) is 11.3. The lowest BCUT2D eigenvalue weighted by molar-refractivity contribution is -0.114. The Bertz CT molecular complexity index is 979. The van der Waals surface area contributed by atoms with E-state index in [1.54, 1.807) is 6.07 Å². The Morgan fingerprint density at radius 3 is 2.24 bits per heavy atom. The van der Waals surface area contributed by atoms with Gasteiger partial charge in [-0.3, -0.25) is 4.79 Å². The summed E-state index contributed by atoms with van der Waals surface area (Å²) in [5, 5.41) is 6.03. The largest absolute Gasteiger partial charge is 0.494 e. The quantitative estimate of drug-likeness (QED) is 0.333. The van der Waals surface area contributed by atoms with Gasteiger partial charge in [-0.15, -0.1) is 0 Å². The maximum absolute atomic E-state index is 12.4. The van der Waals surface area contributed by atoms with Gasteiger partial charge in [0.2, 0.25) is 5.91 Å². The van der Waals surface area contributed by atoms with Gasteiger partial charge >= 0.3 is 0 Å². The van der Waals surface area contributed by atoms with E-state index in [0.717, 1.165) is 24.3 Å². The number of aryl methyl sites for hydroxylation is 1. The molecule has 0 heterocycles. The van der Waals surface area contributed by atoms with Crippen LogP contribution in [0.1, 0.15) is 18.9 Å². The minimum atomic E-state index is -0.143. The van der Waals surface area contributed by atoms with Gasteiger partial charge < -0.3 is 24.8 Å². The summed E-state index contributed by atoms with van der Waals surface area (Å²) in [6.45, 7) is 4.40. The molecule has 0 spiro atoms. The molecule has 3 aromatic rings. The Balaban J connectivity index is 1.39. The number of amides is 1. The van der Waals surface area contributed by atoms with Crippen LogP contribution >= 0.6 is 0 Å². The fraction of sp³-hybridized carbons (Fsp3) is 0.296. The summed E-state index contributed by atoms with van der Waals surface area (Å²) >= 11 is 0. The molecule has 174 valence electrons. The average molecular weight is 449 g/mol. The van der Waals surface area contributed by atoms with Crippen molar-refractivity contribution in [3.63, 3.8) is 0 Å². The zero-order valence-electron chi connectivity index (χ0n) is 19.1. The predicted octanol–water partition coefficient (Wildman–Crippen LogP) is 5.16. The molecular weight excluding hydrogens is 416 g/mol. The SMILES string of the molecule is CCOCCOc1cccc(NC(=O)CNc2cccc(OCCCc3ccccc3)c2)c1. The van der Waals surface area contributed by atoms with Gasteiger partial charge in [-0.25, -0.2) is 0 Å². The van der Waals surface area contributed by atoms with Crippen molar-refractivity contribution in [2.45, 2.75) is 19.8 Å². The number of carbonyl (C=O) groups excluding carboxylic acids is 1. The van der Waals surface area contributed by atoms with E-state index < -0.39 is 0 Å². The van der Waals surface area contributed by atoms with E-state index in [2.05, 4.69) is 34.9 Å². The molecule has 1 amide bonds. The predicted molar refractivity (Wildman–Crippen MR) is 132 cm³/mol. The van der Waals surface area contributed by atoms with Crippen LogP contribution in [0.3, 0.4) is 0 Å². The second kappa shape index (κ2) is 13.8. The van der Waals surface area contributed by atoms with E-state index in [-0.39, 0.29) is 12.5 Å². The van der Waals surface area contributed by atoms with Gasteiger partial charge in [0, 0.05) is 30.1 Å². The summed E-state index contributed by atoms with van der Waals surface area (Å²) in [6, 6.07) is 25.4. The van der Waals surface area contributed by atoms with Crippen molar-refractivity contribution in [1.29, 1.82) is 0 Å². The van der Waals surface area contributed by atoms with Crippen LogP contribution in [0.2, 0.25) is 0 Å². The van der Waals surface area contributed by atoms with Gasteiger partial charge in [0.15, 0.2) is 0 Å². The molecule has 0 atom stereocenters. The summed E-state index contributed by atoms with van der Waals surface area (Å²) < 4.78 is 16.8. The summed E-state index contributed by atoms with van der Waals surface area (Å²) in [6.07, 6.45) is 1.93. The molecule has 3 aromatic carbocycles. The normalized spacial score (nSPS) is 10.5. The van der Waals surface area contributed by atoms with Crippen molar-refractivity contribution in [1.82, 2.24) is 0 Å². The van der Waals surface area contributed by atoms with Gasteiger partial charge in [0.1, 0.15) is 18.1 Å². The first-order chi connectivity index (χ1) is 16.2. The molecule has 0 radical (unpaired) electrons. The Morgan fingerprint density at radius 2 is 1.48 bits per heavy atom. The second-order valence-corrected chi connectivity index (χ2v) is 7.44. The van der Waals surface area contributed by atoms with E-state index in [0.29, 0.717) is 37.9 Å². The molecule has 2 N–H and O–H groups in total. The van der Waals surface area contributed by atoms with Crippen molar-refractivity contribution in [2.75, 3.05) is 43.6 Å². The maximum atomic E-state index is 12.4. The molecule has 0 bridgehead atoms. The molecule has 6 nitrogen and oxygen atoms in total. The number of carbonyl (C=O) groups is 1. The van der Waals surface area contributed by atoms with Crippen molar-refractivity contribution in [3.8, 4) is 11.5 Å². The first-order valence-electron chi connectivity index (χ1n) is 11.3. The van der Waals surface area contributed by atoms with Gasteiger partial charge in [0.05, 0.1) is 19.8 Å². The van der Waals surface area contributed by atoms with Crippen LogP contribution in [-0.4, -0.2) is 38.9 Å². The lowest BCUT2D eigenvalue weighted by Crippen LogP contribution is -2.21. The first kappa shape index (κ1) is 24.1. The summed E-state index contributed by atoms with van der Waals surface area (Å²) in [7, 11) is 0. The smallest absolute Gasteiger partial charge is 0.243 e. The molecule has 0 aromatic heterocycles. The zero-order chi connectivity index (χ0) is 23.1. The highest BCUT2D eigenvalue weighted by molar-refractivity contribution is 5.93. The minimum Gasteiger partial charge on any atom is -0.494 e. The molecule has 33 heavy (non-hydrogen) atoms. The van der Waals surface area contributed by atoms with Crippen molar-refractivity contribution >= 4 is 17.3 Å². The van der Waals surface area contributed by atoms with Gasteiger partial charge in [-0.05, 0) is 49.6 Å². The number of rotatable bonds is 14. The number of nitrogens with one attached hydrogen (secondary N) is 2. The van der Waals surface area contributed by atoms with Gasteiger partial charge in [-0.1, -0.05) is 42.5 Å². The topological polar surface area (TPSA) is 68.8 Å². The number of benzene rings is 3. The Kier molecular flexibility index (Phi) is 10.1. The third-order valence-electron chi connectivity index (χ3n) is 4.83. The van der Waals surface area contributed by atoms with Gasteiger partial charge in [-0.2, -0.15) is 0 Å². The van der Waals surface area contributed by atoms with Gasteiger partial charge in [0.25, 0.3) is 0 Å². The highest BCUT2D eigenvalue weighted by atomic mass is 16.5. The molecule has 6 heteroatoms. The summed E-state index contributed by atoms with van der Waals surface area (Å²) in [5.74, 6) is 1.33. The molecule has 0 saturated heterocycles. The highest BCUT2D eigenvalue weighted by Crippen LogP contribution is 2.19. The number of anilines is 2. The molecule has 3 rings (SSSR count). The fourth-order valence-corrected chi connectivity index (χ4v) is 3.22. The molecule has 0 aliphatic rings. The van der Waals surface area contributed by atoms with Crippen LogP contribution in [0.5, 0.6) is 11.5 Å². The molecule has 0 saturated carbocycles. The molecular formula is C27H32N2O4. The lowest BCUT2D eigenvalue weighted by atomic mass is 10.1. The molecule has 0 fully saturated rings.